The second-order valence-electron chi connectivity index (χ2n) is 6.88. The predicted molar refractivity (Wildman–Crippen MR) is 113 cm³/mol. The smallest absolute Gasteiger partial charge is 0.259 e. The molecule has 0 bridgehead atoms. The van der Waals surface area contributed by atoms with Gasteiger partial charge in [0.2, 0.25) is 5.82 Å². The highest BCUT2D eigenvalue weighted by molar-refractivity contribution is 7.99. The van der Waals surface area contributed by atoms with Gasteiger partial charge in [-0.15, -0.1) is 0 Å². The first-order valence-corrected chi connectivity index (χ1v) is 10.0. The lowest BCUT2D eigenvalue weighted by molar-refractivity contribution is 0.0990. The van der Waals surface area contributed by atoms with E-state index in [-0.39, 0.29) is 5.91 Å². The zero-order valence-corrected chi connectivity index (χ0v) is 16.7. The molecule has 0 spiro atoms. The van der Waals surface area contributed by atoms with Crippen molar-refractivity contribution in [3.63, 3.8) is 0 Å². The highest BCUT2D eigenvalue weighted by Gasteiger charge is 2.25. The zero-order chi connectivity index (χ0) is 20.0. The van der Waals surface area contributed by atoms with Gasteiger partial charge in [0.1, 0.15) is 0 Å². The van der Waals surface area contributed by atoms with Crippen molar-refractivity contribution in [2.24, 2.45) is 0 Å². The minimum Gasteiger partial charge on any atom is -0.334 e. The van der Waals surface area contributed by atoms with E-state index in [9.17, 15) is 4.79 Å². The zero-order valence-electron chi connectivity index (χ0n) is 15.9. The summed E-state index contributed by atoms with van der Waals surface area (Å²) in [6.45, 7) is 2.02. The van der Waals surface area contributed by atoms with Crippen LogP contribution in [0.3, 0.4) is 0 Å². The molecule has 1 aliphatic rings. The van der Waals surface area contributed by atoms with Crippen LogP contribution in [0.5, 0.6) is 0 Å². The molecule has 0 saturated carbocycles. The highest BCUT2D eigenvalue weighted by atomic mass is 32.2. The molecule has 142 valence electrons. The van der Waals surface area contributed by atoms with Gasteiger partial charge in [-0.2, -0.15) is 4.98 Å². The van der Waals surface area contributed by atoms with E-state index in [0.29, 0.717) is 17.3 Å². The Morgan fingerprint density at radius 2 is 1.69 bits per heavy atom. The molecule has 0 aliphatic carbocycles. The van der Waals surface area contributed by atoms with Crippen molar-refractivity contribution in [2.45, 2.75) is 16.7 Å². The van der Waals surface area contributed by atoms with Crippen LogP contribution >= 0.6 is 11.8 Å². The van der Waals surface area contributed by atoms with Gasteiger partial charge in [0, 0.05) is 28.0 Å². The van der Waals surface area contributed by atoms with E-state index in [4.69, 9.17) is 4.52 Å². The fourth-order valence-electron chi connectivity index (χ4n) is 3.42. The van der Waals surface area contributed by atoms with Crippen LogP contribution in [0, 0.1) is 6.92 Å². The van der Waals surface area contributed by atoms with Crippen LogP contribution in [-0.2, 0) is 0 Å². The largest absolute Gasteiger partial charge is 0.334 e. The minimum absolute atomic E-state index is 0.0130. The number of aromatic nitrogens is 2. The lowest BCUT2D eigenvalue weighted by Crippen LogP contribution is -2.25. The molecule has 29 heavy (non-hydrogen) atoms. The number of hydrogen-bond donors (Lipinski definition) is 0. The van der Waals surface area contributed by atoms with E-state index < -0.39 is 0 Å². The van der Waals surface area contributed by atoms with E-state index in [0.717, 1.165) is 32.2 Å². The van der Waals surface area contributed by atoms with Crippen LogP contribution in [0.1, 0.15) is 15.9 Å². The first kappa shape index (κ1) is 17.7. The van der Waals surface area contributed by atoms with E-state index in [2.05, 4.69) is 10.1 Å². The standard InChI is InChI=1S/C23H17N3O2S/c1-14-7-3-4-8-16(14)22-24-21(25-28-22)15-11-12-18-20(13-15)29-19-10-6-5-9-17(19)23(27)26(18)2/h3-13H,1-2H3. The van der Waals surface area contributed by atoms with E-state index in [1.807, 2.05) is 73.7 Å². The molecule has 6 heteroatoms. The highest BCUT2D eigenvalue weighted by Crippen LogP contribution is 2.42. The van der Waals surface area contributed by atoms with E-state index in [1.54, 1.807) is 23.7 Å². The molecule has 1 aliphatic heterocycles. The average molecular weight is 399 g/mol. The number of carbonyl (C=O) groups is 1. The molecule has 1 aromatic heterocycles. The second-order valence-corrected chi connectivity index (χ2v) is 7.97. The third-order valence-electron chi connectivity index (χ3n) is 5.02. The summed E-state index contributed by atoms with van der Waals surface area (Å²) in [5, 5.41) is 4.18. The Balaban J connectivity index is 1.57. The van der Waals surface area contributed by atoms with Gasteiger partial charge in [0.15, 0.2) is 0 Å². The summed E-state index contributed by atoms with van der Waals surface area (Å²) in [7, 11) is 1.80. The maximum atomic E-state index is 12.8. The number of fused-ring (bicyclic) bond motifs is 2. The van der Waals surface area contributed by atoms with Crippen molar-refractivity contribution in [2.75, 3.05) is 11.9 Å². The summed E-state index contributed by atoms with van der Waals surface area (Å²) in [5.41, 5.74) is 4.42. The molecule has 0 saturated heterocycles. The fourth-order valence-corrected chi connectivity index (χ4v) is 4.56. The van der Waals surface area contributed by atoms with Gasteiger partial charge in [0.25, 0.3) is 11.8 Å². The maximum absolute atomic E-state index is 12.8. The maximum Gasteiger partial charge on any atom is 0.259 e. The van der Waals surface area contributed by atoms with Gasteiger partial charge in [0.05, 0.1) is 11.3 Å². The molecule has 0 fully saturated rings. The molecule has 1 amide bonds. The Morgan fingerprint density at radius 1 is 0.931 bits per heavy atom. The van der Waals surface area contributed by atoms with Crippen molar-refractivity contribution in [3.8, 4) is 22.8 Å². The SMILES string of the molecule is Cc1ccccc1-c1nc(-c2ccc3c(c2)Sc2ccccc2C(=O)N3C)no1. The molecule has 0 radical (unpaired) electrons. The fraction of sp³-hybridized carbons (Fsp3) is 0.0870. The predicted octanol–water partition coefficient (Wildman–Crippen LogP) is 5.45. The van der Waals surface area contributed by atoms with Crippen LogP contribution in [0.2, 0.25) is 0 Å². The first-order chi connectivity index (χ1) is 14.1. The van der Waals surface area contributed by atoms with Gasteiger partial charge in [-0.3, -0.25) is 4.79 Å². The molecule has 3 aromatic carbocycles. The molecule has 5 nitrogen and oxygen atoms in total. The topological polar surface area (TPSA) is 59.2 Å². The third-order valence-corrected chi connectivity index (χ3v) is 6.15. The summed E-state index contributed by atoms with van der Waals surface area (Å²) in [6, 6.07) is 21.5. The Morgan fingerprint density at radius 3 is 2.52 bits per heavy atom. The van der Waals surface area contributed by atoms with Crippen LogP contribution in [0.15, 0.2) is 81.0 Å². The number of rotatable bonds is 2. The van der Waals surface area contributed by atoms with Gasteiger partial charge in [-0.1, -0.05) is 47.3 Å². The minimum atomic E-state index is -0.0130. The van der Waals surface area contributed by atoms with E-state index in [1.165, 1.54) is 0 Å². The number of amides is 1. The van der Waals surface area contributed by atoms with Gasteiger partial charge >= 0.3 is 0 Å². The molecule has 5 rings (SSSR count). The molecule has 0 N–H and O–H groups in total. The summed E-state index contributed by atoms with van der Waals surface area (Å²) in [4.78, 5) is 21.0. The van der Waals surface area contributed by atoms with Crippen molar-refractivity contribution in [1.82, 2.24) is 10.1 Å². The summed E-state index contributed by atoms with van der Waals surface area (Å²) < 4.78 is 5.52. The van der Waals surface area contributed by atoms with Crippen LogP contribution in [0.25, 0.3) is 22.8 Å². The van der Waals surface area contributed by atoms with Crippen LogP contribution < -0.4 is 4.90 Å². The molecule has 2 heterocycles. The van der Waals surface area contributed by atoms with Crippen molar-refractivity contribution >= 4 is 23.4 Å². The Labute approximate surface area is 172 Å². The van der Waals surface area contributed by atoms with Crippen molar-refractivity contribution in [3.05, 3.63) is 77.9 Å². The van der Waals surface area contributed by atoms with Gasteiger partial charge in [-0.25, -0.2) is 0 Å². The molecule has 4 aromatic rings. The number of aryl methyl sites for hydroxylation is 1. The Kier molecular flexibility index (Phi) is 4.21. The summed E-state index contributed by atoms with van der Waals surface area (Å²) in [6.07, 6.45) is 0. The van der Waals surface area contributed by atoms with Crippen molar-refractivity contribution in [1.29, 1.82) is 0 Å². The van der Waals surface area contributed by atoms with Crippen LogP contribution in [-0.4, -0.2) is 23.1 Å². The number of benzene rings is 3. The average Bonchev–Trinajstić information content (AvgIpc) is 3.20. The van der Waals surface area contributed by atoms with Gasteiger partial charge in [-0.05, 0) is 48.9 Å². The first-order valence-electron chi connectivity index (χ1n) is 9.21. The van der Waals surface area contributed by atoms with Crippen LogP contribution in [0.4, 0.5) is 5.69 Å². The number of hydrogen-bond acceptors (Lipinski definition) is 5. The summed E-state index contributed by atoms with van der Waals surface area (Å²) >= 11 is 1.58. The monoisotopic (exact) mass is 399 g/mol. The van der Waals surface area contributed by atoms with Gasteiger partial charge < -0.3 is 9.42 Å². The quantitative estimate of drug-likeness (QED) is 0.448. The normalized spacial score (nSPS) is 13.0. The third kappa shape index (κ3) is 3.02. The lowest BCUT2D eigenvalue weighted by atomic mass is 10.1. The number of anilines is 1. The Hall–Kier alpha value is -3.38. The van der Waals surface area contributed by atoms with Crippen molar-refractivity contribution < 1.29 is 9.32 Å². The molecular formula is C23H17N3O2S. The lowest BCUT2D eigenvalue weighted by Gasteiger charge is -2.17. The molecule has 0 unspecified atom stereocenters. The number of carbonyl (C=O) groups excluding carboxylic acids is 1. The molecular weight excluding hydrogens is 382 g/mol. The second kappa shape index (κ2) is 6.90. The number of nitrogens with zero attached hydrogens (tertiary/aromatic N) is 3. The van der Waals surface area contributed by atoms with E-state index >= 15 is 0 Å². The summed E-state index contributed by atoms with van der Waals surface area (Å²) in [5.74, 6) is 1.01. The Bertz CT molecular complexity index is 1250. The molecule has 0 atom stereocenters.